The summed E-state index contributed by atoms with van der Waals surface area (Å²) in [5.41, 5.74) is 2.54. The number of carbonyl (C=O) groups excluding carboxylic acids is 1. The van der Waals surface area contributed by atoms with Crippen molar-refractivity contribution >= 4 is 16.9 Å². The van der Waals surface area contributed by atoms with Gasteiger partial charge in [0.05, 0.1) is 17.3 Å². The molecular formula is C22H22N4O3. The van der Waals surface area contributed by atoms with E-state index in [2.05, 4.69) is 39.8 Å². The Bertz CT molecular complexity index is 1130. The molecule has 0 atom stereocenters. The van der Waals surface area contributed by atoms with E-state index >= 15 is 0 Å². The Kier molecular flexibility index (Phi) is 4.42. The number of para-hydroxylation sites is 2. The van der Waals surface area contributed by atoms with E-state index in [1.165, 1.54) is 5.52 Å². The number of benzene rings is 1. The molecule has 148 valence electrons. The largest absolute Gasteiger partial charge is 0.461 e. The zero-order valence-electron chi connectivity index (χ0n) is 16.2. The van der Waals surface area contributed by atoms with E-state index in [-0.39, 0.29) is 5.91 Å². The van der Waals surface area contributed by atoms with Gasteiger partial charge in [-0.1, -0.05) is 17.3 Å². The number of aromatic nitrogens is 3. The first kappa shape index (κ1) is 17.7. The van der Waals surface area contributed by atoms with Gasteiger partial charge in [0.25, 0.3) is 5.91 Å². The summed E-state index contributed by atoms with van der Waals surface area (Å²) in [7, 11) is 0. The highest BCUT2D eigenvalue weighted by molar-refractivity contribution is 5.93. The number of amides is 1. The quantitative estimate of drug-likeness (QED) is 0.523. The second kappa shape index (κ2) is 7.24. The minimum atomic E-state index is -0.0886. The average molecular weight is 390 g/mol. The van der Waals surface area contributed by atoms with E-state index in [1.807, 2.05) is 11.0 Å². The van der Waals surface area contributed by atoms with Crippen LogP contribution in [0.1, 0.15) is 29.2 Å². The first-order valence-electron chi connectivity index (χ1n) is 9.91. The highest BCUT2D eigenvalue weighted by Crippen LogP contribution is 2.25. The number of hydrogen-bond donors (Lipinski definition) is 0. The lowest BCUT2D eigenvalue weighted by Gasteiger charge is -2.32. The number of likely N-dealkylation sites (tertiary alicyclic amines) is 1. The van der Waals surface area contributed by atoms with Crippen LogP contribution in [-0.2, 0) is 6.54 Å². The predicted molar refractivity (Wildman–Crippen MR) is 107 cm³/mol. The normalized spacial score (nSPS) is 15.3. The number of nitrogens with zero attached hydrogens (tertiary/aromatic N) is 4. The molecule has 29 heavy (non-hydrogen) atoms. The minimum Gasteiger partial charge on any atom is -0.461 e. The smallest absolute Gasteiger partial charge is 0.276 e. The van der Waals surface area contributed by atoms with Crippen molar-refractivity contribution in [2.75, 3.05) is 13.1 Å². The minimum absolute atomic E-state index is 0.0886. The summed E-state index contributed by atoms with van der Waals surface area (Å²) in [5.74, 6) is 2.51. The number of piperidine rings is 1. The van der Waals surface area contributed by atoms with Gasteiger partial charge in [-0.2, -0.15) is 0 Å². The lowest BCUT2D eigenvalue weighted by Crippen LogP contribution is -2.39. The van der Waals surface area contributed by atoms with Crippen LogP contribution in [0.3, 0.4) is 0 Å². The van der Waals surface area contributed by atoms with Gasteiger partial charge in [-0.15, -0.1) is 0 Å². The van der Waals surface area contributed by atoms with Gasteiger partial charge in [0.2, 0.25) is 5.76 Å². The lowest BCUT2D eigenvalue weighted by atomic mass is 9.96. The number of fused-ring (bicyclic) bond motifs is 1. The summed E-state index contributed by atoms with van der Waals surface area (Å²) >= 11 is 0. The number of aryl methyl sites for hydroxylation is 1. The molecule has 0 aliphatic carbocycles. The van der Waals surface area contributed by atoms with Crippen LogP contribution in [0.25, 0.3) is 22.6 Å². The molecule has 3 aromatic heterocycles. The molecule has 0 spiro atoms. The van der Waals surface area contributed by atoms with Crippen molar-refractivity contribution < 1.29 is 13.7 Å². The number of hydrogen-bond acceptors (Lipinski definition) is 5. The standard InChI is InChI=1S/C22H22N4O3/c1-15-23-17-5-2-3-6-19(17)26(15)14-16-8-10-25(11-9-16)22(27)18-13-21(29-24-18)20-7-4-12-28-20/h2-7,12-13,16H,8-11,14H2,1H3. The van der Waals surface area contributed by atoms with Gasteiger partial charge in [-0.3, -0.25) is 4.79 Å². The molecule has 0 radical (unpaired) electrons. The average Bonchev–Trinajstić information content (AvgIpc) is 3.49. The third-order valence-electron chi connectivity index (χ3n) is 5.68. The van der Waals surface area contributed by atoms with E-state index in [0.29, 0.717) is 23.1 Å². The van der Waals surface area contributed by atoms with Crippen LogP contribution in [0, 0.1) is 12.8 Å². The number of imidazole rings is 1. The molecule has 5 rings (SSSR count). The van der Waals surface area contributed by atoms with Crippen LogP contribution in [0.5, 0.6) is 0 Å². The van der Waals surface area contributed by atoms with Gasteiger partial charge in [0.15, 0.2) is 11.5 Å². The van der Waals surface area contributed by atoms with E-state index in [9.17, 15) is 4.79 Å². The summed E-state index contributed by atoms with van der Waals surface area (Å²) in [6, 6.07) is 13.4. The monoisotopic (exact) mass is 390 g/mol. The van der Waals surface area contributed by atoms with Crippen molar-refractivity contribution in [3.05, 3.63) is 60.2 Å². The fourth-order valence-corrected chi connectivity index (χ4v) is 4.08. The second-order valence-corrected chi connectivity index (χ2v) is 7.55. The van der Waals surface area contributed by atoms with Crippen LogP contribution in [0.4, 0.5) is 0 Å². The van der Waals surface area contributed by atoms with Gasteiger partial charge in [-0.05, 0) is 49.9 Å². The van der Waals surface area contributed by atoms with Crippen LogP contribution in [0.15, 0.2) is 57.7 Å². The van der Waals surface area contributed by atoms with E-state index in [4.69, 9.17) is 8.94 Å². The molecule has 0 saturated carbocycles. The van der Waals surface area contributed by atoms with Crippen molar-refractivity contribution in [3.63, 3.8) is 0 Å². The molecular weight excluding hydrogens is 368 g/mol. The first-order valence-corrected chi connectivity index (χ1v) is 9.91. The second-order valence-electron chi connectivity index (χ2n) is 7.55. The van der Waals surface area contributed by atoms with Gasteiger partial charge in [-0.25, -0.2) is 4.98 Å². The summed E-state index contributed by atoms with van der Waals surface area (Å²) in [6.07, 6.45) is 3.48. The number of furan rings is 1. The summed E-state index contributed by atoms with van der Waals surface area (Å²) in [5, 5.41) is 3.93. The van der Waals surface area contributed by atoms with Crippen molar-refractivity contribution in [2.45, 2.75) is 26.3 Å². The number of carbonyl (C=O) groups is 1. The maximum Gasteiger partial charge on any atom is 0.276 e. The Labute approximate surface area is 167 Å². The predicted octanol–water partition coefficient (Wildman–Crippen LogP) is 4.15. The zero-order valence-corrected chi connectivity index (χ0v) is 16.2. The molecule has 1 aliphatic rings. The van der Waals surface area contributed by atoms with Crippen molar-refractivity contribution in [3.8, 4) is 11.5 Å². The van der Waals surface area contributed by atoms with Gasteiger partial charge in [0.1, 0.15) is 5.82 Å². The highest BCUT2D eigenvalue weighted by Gasteiger charge is 2.27. The Balaban J connectivity index is 1.23. The molecule has 0 unspecified atom stereocenters. The Morgan fingerprint density at radius 1 is 1.14 bits per heavy atom. The zero-order chi connectivity index (χ0) is 19.8. The van der Waals surface area contributed by atoms with Crippen LogP contribution < -0.4 is 0 Å². The Morgan fingerprint density at radius 3 is 2.76 bits per heavy atom. The van der Waals surface area contributed by atoms with E-state index in [0.717, 1.165) is 43.8 Å². The van der Waals surface area contributed by atoms with Crippen LogP contribution >= 0.6 is 0 Å². The molecule has 7 heteroatoms. The fourth-order valence-electron chi connectivity index (χ4n) is 4.08. The van der Waals surface area contributed by atoms with Crippen molar-refractivity contribution in [2.24, 2.45) is 5.92 Å². The highest BCUT2D eigenvalue weighted by atomic mass is 16.5. The SMILES string of the molecule is Cc1nc2ccccc2n1CC1CCN(C(=O)c2cc(-c3ccco3)on2)CC1. The van der Waals surface area contributed by atoms with E-state index in [1.54, 1.807) is 24.5 Å². The number of rotatable bonds is 4. The van der Waals surface area contributed by atoms with Gasteiger partial charge in [0, 0.05) is 25.7 Å². The third kappa shape index (κ3) is 3.33. The molecule has 0 bridgehead atoms. The molecule has 1 amide bonds. The van der Waals surface area contributed by atoms with Crippen LogP contribution in [-0.4, -0.2) is 38.6 Å². The molecule has 1 saturated heterocycles. The topological polar surface area (TPSA) is 77.3 Å². The summed E-state index contributed by atoms with van der Waals surface area (Å²) in [4.78, 5) is 19.3. The molecule has 4 heterocycles. The fraction of sp³-hybridized carbons (Fsp3) is 0.318. The van der Waals surface area contributed by atoms with Crippen molar-refractivity contribution in [1.29, 1.82) is 0 Å². The van der Waals surface area contributed by atoms with Crippen molar-refractivity contribution in [1.82, 2.24) is 19.6 Å². The lowest BCUT2D eigenvalue weighted by molar-refractivity contribution is 0.0672. The summed E-state index contributed by atoms with van der Waals surface area (Å²) in [6.45, 7) is 4.43. The van der Waals surface area contributed by atoms with E-state index < -0.39 is 0 Å². The molecule has 1 aromatic carbocycles. The summed E-state index contributed by atoms with van der Waals surface area (Å²) < 4.78 is 12.9. The Hall–Kier alpha value is -3.35. The Morgan fingerprint density at radius 2 is 1.97 bits per heavy atom. The molecule has 1 aliphatic heterocycles. The molecule has 4 aromatic rings. The van der Waals surface area contributed by atoms with Gasteiger partial charge < -0.3 is 18.4 Å². The van der Waals surface area contributed by atoms with Gasteiger partial charge >= 0.3 is 0 Å². The maximum atomic E-state index is 12.8. The third-order valence-corrected chi connectivity index (χ3v) is 5.68. The molecule has 1 fully saturated rings. The van der Waals surface area contributed by atoms with Crippen LogP contribution in [0.2, 0.25) is 0 Å². The molecule has 7 nitrogen and oxygen atoms in total. The molecule has 0 N–H and O–H groups in total. The first-order chi connectivity index (χ1) is 14.2. The maximum absolute atomic E-state index is 12.8.